The highest BCUT2D eigenvalue weighted by Crippen LogP contribution is 2.30. The van der Waals surface area contributed by atoms with Crippen molar-refractivity contribution in [2.24, 2.45) is 0 Å². The molecule has 0 unspecified atom stereocenters. The number of ketones is 1. The average Bonchev–Trinajstić information content (AvgIpc) is 3.03. The number of nitrogens with one attached hydrogen (secondary N) is 1. The van der Waals surface area contributed by atoms with Gasteiger partial charge in [-0.2, -0.15) is 0 Å². The Morgan fingerprint density at radius 2 is 2.37 bits per heavy atom. The van der Waals surface area contributed by atoms with Crippen LogP contribution in [0.1, 0.15) is 15.2 Å². The topological polar surface area (TPSA) is 55.0 Å². The molecular weight excluding hydrogens is 328 g/mol. The van der Waals surface area contributed by atoms with E-state index in [9.17, 15) is 4.79 Å². The maximum atomic E-state index is 12.5. The first-order chi connectivity index (χ1) is 9.20. The number of methoxy groups -OCH3 is 1. The van der Waals surface area contributed by atoms with Crippen LogP contribution < -0.4 is 4.74 Å². The van der Waals surface area contributed by atoms with Crippen molar-refractivity contribution in [2.45, 2.75) is 0 Å². The molecule has 6 heteroatoms. The van der Waals surface area contributed by atoms with Crippen LogP contribution in [0.5, 0.6) is 5.75 Å². The van der Waals surface area contributed by atoms with Gasteiger partial charge in [0.1, 0.15) is 16.3 Å². The summed E-state index contributed by atoms with van der Waals surface area (Å²) in [5.41, 5.74) is 1.30. The maximum absolute atomic E-state index is 12.5. The second kappa shape index (κ2) is 4.79. The minimum absolute atomic E-state index is 0.0574. The number of carbonyl (C=O) groups excluding carboxylic acids is 1. The molecule has 0 aliphatic rings. The monoisotopic (exact) mass is 336 g/mol. The number of H-pyrrole nitrogens is 1. The van der Waals surface area contributed by atoms with Crippen LogP contribution in [-0.2, 0) is 0 Å². The molecule has 3 heterocycles. The van der Waals surface area contributed by atoms with E-state index in [0.29, 0.717) is 21.8 Å². The van der Waals surface area contributed by atoms with Gasteiger partial charge in [-0.1, -0.05) is 0 Å². The first-order valence-electron chi connectivity index (χ1n) is 5.49. The van der Waals surface area contributed by atoms with Gasteiger partial charge in [-0.05, 0) is 33.4 Å². The lowest BCUT2D eigenvalue weighted by Crippen LogP contribution is -1.99. The van der Waals surface area contributed by atoms with E-state index >= 15 is 0 Å². The van der Waals surface area contributed by atoms with Crippen LogP contribution in [0.15, 0.2) is 34.4 Å². The zero-order valence-corrected chi connectivity index (χ0v) is 12.3. The summed E-state index contributed by atoms with van der Waals surface area (Å²) in [6, 6.07) is 3.67. The van der Waals surface area contributed by atoms with E-state index in [4.69, 9.17) is 4.74 Å². The minimum Gasteiger partial charge on any atom is -0.495 e. The minimum atomic E-state index is -0.0574. The number of aromatic amines is 1. The quantitative estimate of drug-likeness (QED) is 0.743. The van der Waals surface area contributed by atoms with Crippen molar-refractivity contribution in [1.29, 1.82) is 0 Å². The smallest absolute Gasteiger partial charge is 0.208 e. The molecule has 0 saturated heterocycles. The average molecular weight is 337 g/mol. The summed E-state index contributed by atoms with van der Waals surface area (Å²) in [7, 11) is 1.56. The summed E-state index contributed by atoms with van der Waals surface area (Å²) < 4.78 is 6.03. The van der Waals surface area contributed by atoms with E-state index in [2.05, 4.69) is 25.9 Å². The van der Waals surface area contributed by atoms with E-state index in [-0.39, 0.29) is 5.78 Å². The second-order valence-corrected chi connectivity index (χ2v) is 5.73. The van der Waals surface area contributed by atoms with Crippen molar-refractivity contribution in [2.75, 3.05) is 7.11 Å². The van der Waals surface area contributed by atoms with Gasteiger partial charge in [-0.25, -0.2) is 4.98 Å². The van der Waals surface area contributed by atoms with Crippen molar-refractivity contribution in [3.8, 4) is 5.75 Å². The van der Waals surface area contributed by atoms with Crippen LogP contribution in [0.2, 0.25) is 0 Å². The van der Waals surface area contributed by atoms with E-state index < -0.39 is 0 Å². The van der Waals surface area contributed by atoms with E-state index in [1.54, 1.807) is 25.6 Å². The first kappa shape index (κ1) is 12.4. The molecule has 4 nitrogen and oxygen atoms in total. The molecule has 3 rings (SSSR count). The van der Waals surface area contributed by atoms with Crippen LogP contribution in [-0.4, -0.2) is 22.9 Å². The predicted molar refractivity (Wildman–Crippen MR) is 78.1 cm³/mol. The highest BCUT2D eigenvalue weighted by atomic mass is 79.9. The van der Waals surface area contributed by atoms with Gasteiger partial charge >= 0.3 is 0 Å². The first-order valence-corrected chi connectivity index (χ1v) is 7.17. The van der Waals surface area contributed by atoms with Crippen molar-refractivity contribution in [3.63, 3.8) is 0 Å². The number of carbonyl (C=O) groups is 1. The number of ether oxygens (including phenoxy) is 1. The van der Waals surface area contributed by atoms with E-state index in [1.165, 1.54) is 11.3 Å². The highest BCUT2D eigenvalue weighted by molar-refractivity contribution is 9.10. The van der Waals surface area contributed by atoms with Gasteiger partial charge < -0.3 is 9.72 Å². The molecule has 0 radical (unpaired) electrons. The van der Waals surface area contributed by atoms with Gasteiger partial charge in [0.2, 0.25) is 5.78 Å². The van der Waals surface area contributed by atoms with Crippen LogP contribution in [0.3, 0.4) is 0 Å². The normalized spacial score (nSPS) is 10.8. The lowest BCUT2D eigenvalue weighted by molar-refractivity contribution is 0.104. The third-order valence-electron chi connectivity index (χ3n) is 2.80. The molecule has 96 valence electrons. The molecule has 0 saturated carbocycles. The summed E-state index contributed by atoms with van der Waals surface area (Å²) >= 11 is 4.74. The Hall–Kier alpha value is -1.66. The fourth-order valence-corrected chi connectivity index (χ4v) is 3.06. The third-order valence-corrected chi connectivity index (χ3v) is 4.13. The molecule has 0 spiro atoms. The third kappa shape index (κ3) is 2.06. The fraction of sp³-hybridized carbons (Fsp3) is 0.0769. The zero-order valence-electron chi connectivity index (χ0n) is 9.94. The molecule has 0 aliphatic heterocycles. The number of nitrogens with zero attached hydrogens (tertiary/aromatic N) is 1. The molecular formula is C13H9BrN2O2S. The van der Waals surface area contributed by atoms with Crippen LogP contribution in [0, 0.1) is 0 Å². The zero-order chi connectivity index (χ0) is 13.4. The Labute approximate surface area is 121 Å². The summed E-state index contributed by atoms with van der Waals surface area (Å²) in [6.07, 6.45) is 3.38. The number of fused-ring (bicyclic) bond motifs is 1. The number of rotatable bonds is 3. The molecule has 0 aromatic carbocycles. The summed E-state index contributed by atoms with van der Waals surface area (Å²) in [5.74, 6) is 0.547. The largest absolute Gasteiger partial charge is 0.495 e. The Morgan fingerprint density at radius 1 is 1.53 bits per heavy atom. The predicted octanol–water partition coefficient (Wildman–Crippen LogP) is 3.63. The SMILES string of the molecule is COc1ccsc1C(=O)c1c[nH]c2ncc(Br)cc12. The summed E-state index contributed by atoms with van der Waals surface area (Å²) in [5, 5.41) is 2.64. The van der Waals surface area contributed by atoms with Gasteiger partial charge in [0, 0.05) is 22.3 Å². The van der Waals surface area contributed by atoms with Crippen LogP contribution in [0.4, 0.5) is 0 Å². The van der Waals surface area contributed by atoms with Crippen molar-refractivity contribution in [1.82, 2.24) is 9.97 Å². The molecule has 0 fully saturated rings. The van der Waals surface area contributed by atoms with Crippen molar-refractivity contribution < 1.29 is 9.53 Å². The van der Waals surface area contributed by atoms with Crippen LogP contribution >= 0.6 is 27.3 Å². The van der Waals surface area contributed by atoms with E-state index in [1.807, 2.05) is 11.4 Å². The molecule has 3 aromatic rings. The number of pyridine rings is 1. The highest BCUT2D eigenvalue weighted by Gasteiger charge is 2.19. The molecule has 0 amide bonds. The van der Waals surface area contributed by atoms with Crippen molar-refractivity contribution >= 4 is 44.1 Å². The molecule has 0 atom stereocenters. The number of hydrogen-bond acceptors (Lipinski definition) is 4. The number of aromatic nitrogens is 2. The van der Waals surface area contributed by atoms with Gasteiger partial charge in [-0.15, -0.1) is 11.3 Å². The standard InChI is InChI=1S/C13H9BrN2O2S/c1-18-10-2-3-19-12(10)11(17)9-6-16-13-8(9)4-7(14)5-15-13/h2-6H,1H3,(H,15,16). The van der Waals surface area contributed by atoms with Gasteiger partial charge in [0.25, 0.3) is 0 Å². The molecule has 0 bridgehead atoms. The molecule has 3 aromatic heterocycles. The lowest BCUT2D eigenvalue weighted by Gasteiger charge is -2.01. The van der Waals surface area contributed by atoms with Gasteiger partial charge in [0.05, 0.1) is 12.7 Å². The Bertz CT molecular complexity index is 763. The van der Waals surface area contributed by atoms with Crippen molar-refractivity contribution in [3.05, 3.63) is 44.8 Å². The summed E-state index contributed by atoms with van der Waals surface area (Å²) in [6.45, 7) is 0. The number of hydrogen-bond donors (Lipinski definition) is 1. The van der Waals surface area contributed by atoms with Gasteiger partial charge in [-0.3, -0.25) is 4.79 Å². The number of halogens is 1. The fourth-order valence-electron chi connectivity index (χ4n) is 1.91. The lowest BCUT2D eigenvalue weighted by atomic mass is 10.1. The Morgan fingerprint density at radius 3 is 3.16 bits per heavy atom. The molecule has 1 N–H and O–H groups in total. The maximum Gasteiger partial charge on any atom is 0.208 e. The molecule has 19 heavy (non-hydrogen) atoms. The Balaban J connectivity index is 2.14. The van der Waals surface area contributed by atoms with Gasteiger partial charge in [0.15, 0.2) is 0 Å². The van der Waals surface area contributed by atoms with Crippen LogP contribution in [0.25, 0.3) is 11.0 Å². The van der Waals surface area contributed by atoms with E-state index in [0.717, 1.165) is 9.86 Å². The molecule has 0 aliphatic carbocycles. The Kier molecular flexibility index (Phi) is 3.12. The summed E-state index contributed by atoms with van der Waals surface area (Å²) in [4.78, 5) is 20.4. The second-order valence-electron chi connectivity index (χ2n) is 3.90. The number of thiophene rings is 1.